The molecule has 0 aromatic heterocycles. The monoisotopic (exact) mass is 233 g/mol. The van der Waals surface area contributed by atoms with Crippen molar-refractivity contribution in [3.05, 3.63) is 0 Å². The van der Waals surface area contributed by atoms with Crippen LogP contribution in [0.15, 0.2) is 0 Å². The van der Waals surface area contributed by atoms with Crippen LogP contribution < -0.4 is 0 Å². The molecular weight excluding hydrogens is 227 g/mol. The Hall–Kier alpha value is -0.567. The van der Waals surface area contributed by atoms with Crippen LogP contribution in [0.1, 0.15) is 0 Å². The molecule has 0 fully saturated rings. The molecule has 5 heteroatoms. The minimum atomic E-state index is -0.709. The summed E-state index contributed by atoms with van der Waals surface area (Å²) in [6.45, 7) is 0. The van der Waals surface area contributed by atoms with Crippen molar-refractivity contribution in [2.24, 2.45) is 0 Å². The Balaban J connectivity index is 4.09. The van der Waals surface area contributed by atoms with Gasteiger partial charge in [-0.1, -0.05) is 0 Å². The van der Waals surface area contributed by atoms with Gasteiger partial charge in [0.15, 0.2) is 0 Å². The van der Waals surface area contributed by atoms with Crippen molar-refractivity contribution in [1.82, 2.24) is 0 Å². The molecule has 0 N–H and O–H groups in total. The molecule has 4 nitrogen and oxygen atoms in total. The first-order valence-corrected chi connectivity index (χ1v) is 3.12. The first kappa shape index (κ1) is 9.43. The molecule has 0 aromatic rings. The number of esters is 2. The van der Waals surface area contributed by atoms with Gasteiger partial charge in [0.05, 0.1) is 0 Å². The summed E-state index contributed by atoms with van der Waals surface area (Å²) in [5.74, 6) is -1.42. The summed E-state index contributed by atoms with van der Waals surface area (Å²) in [7, 11) is 2.37. The van der Waals surface area contributed by atoms with Crippen molar-refractivity contribution in [1.29, 1.82) is 0 Å². The quantitative estimate of drug-likeness (QED) is 0.350. The van der Waals surface area contributed by atoms with Crippen LogP contribution >= 0.6 is 0 Å². The zero-order valence-electron chi connectivity index (χ0n) is 5.47. The third-order valence-electron chi connectivity index (χ3n) is 0.711. The Morgan fingerprint density at radius 3 is 1.60 bits per heavy atom. The second-order valence-corrected chi connectivity index (χ2v) is 2.09. The molecule has 0 atom stereocenters. The molecule has 0 amide bonds. The van der Waals surface area contributed by atoms with Crippen LogP contribution in [0, 0.1) is 0 Å². The van der Waals surface area contributed by atoms with Crippen LogP contribution in [-0.2, 0) is 36.9 Å². The van der Waals surface area contributed by atoms with Gasteiger partial charge in [0.2, 0.25) is 0 Å². The first-order chi connectivity index (χ1) is 4.63. The summed E-state index contributed by atoms with van der Waals surface area (Å²) < 4.78 is 8.30. The molecular formula is C5H6O4Rh. The Kier molecular flexibility index (Phi) is 4.04. The van der Waals surface area contributed by atoms with Crippen LogP contribution in [0.2, 0.25) is 0 Å². The molecule has 0 saturated heterocycles. The Morgan fingerprint density at radius 1 is 1.10 bits per heavy atom. The third-order valence-corrected chi connectivity index (χ3v) is 1.38. The summed E-state index contributed by atoms with van der Waals surface area (Å²) in [6.07, 6.45) is 0. The SMILES string of the molecule is COC(=O)[C](=[Rh])C(=O)OC. The minimum absolute atomic E-state index is 0.161. The van der Waals surface area contributed by atoms with Crippen LogP contribution in [0.3, 0.4) is 0 Å². The summed E-state index contributed by atoms with van der Waals surface area (Å²) in [6, 6.07) is 0. The van der Waals surface area contributed by atoms with Crippen molar-refractivity contribution in [3.8, 4) is 0 Å². The number of rotatable bonds is 2. The van der Waals surface area contributed by atoms with Gasteiger partial charge in [-0.2, -0.15) is 0 Å². The third kappa shape index (κ3) is 2.35. The second kappa shape index (κ2) is 4.28. The van der Waals surface area contributed by atoms with Gasteiger partial charge in [0.1, 0.15) is 0 Å². The van der Waals surface area contributed by atoms with Gasteiger partial charge in [-0.3, -0.25) is 0 Å². The molecule has 10 heavy (non-hydrogen) atoms. The maximum absolute atomic E-state index is 10.5. The van der Waals surface area contributed by atoms with Crippen LogP contribution in [-0.4, -0.2) is 30.3 Å². The second-order valence-electron chi connectivity index (χ2n) is 1.27. The van der Waals surface area contributed by atoms with Gasteiger partial charge in [-0.05, 0) is 0 Å². The van der Waals surface area contributed by atoms with Crippen LogP contribution in [0.5, 0.6) is 0 Å². The van der Waals surface area contributed by atoms with Gasteiger partial charge >= 0.3 is 67.2 Å². The predicted octanol–water partition coefficient (Wildman–Crippen LogP) is -0.948. The van der Waals surface area contributed by atoms with Gasteiger partial charge in [-0.15, -0.1) is 0 Å². The maximum atomic E-state index is 10.5. The summed E-state index contributed by atoms with van der Waals surface area (Å²) in [5.41, 5.74) is 0. The van der Waals surface area contributed by atoms with E-state index in [2.05, 4.69) is 27.3 Å². The van der Waals surface area contributed by atoms with Gasteiger partial charge < -0.3 is 0 Å². The van der Waals surface area contributed by atoms with Gasteiger partial charge in [0.25, 0.3) is 0 Å². The summed E-state index contributed by atoms with van der Waals surface area (Å²) >= 11 is 2.14. The average molecular weight is 233 g/mol. The van der Waals surface area contributed by atoms with E-state index < -0.39 is 11.9 Å². The molecule has 0 spiro atoms. The number of ether oxygens (including phenoxy) is 2. The summed E-state index contributed by atoms with van der Waals surface area (Å²) in [4.78, 5) is 21.0. The predicted molar refractivity (Wildman–Crippen MR) is 29.0 cm³/mol. The van der Waals surface area contributed by atoms with Crippen LogP contribution in [0.4, 0.5) is 0 Å². The van der Waals surface area contributed by atoms with E-state index in [0.29, 0.717) is 0 Å². The molecule has 0 heterocycles. The first-order valence-electron chi connectivity index (χ1n) is 2.30. The number of hydrogen-bond donors (Lipinski definition) is 0. The zero-order chi connectivity index (χ0) is 8.15. The van der Waals surface area contributed by atoms with E-state index in [0.717, 1.165) is 0 Å². The number of methoxy groups -OCH3 is 2. The summed E-state index contributed by atoms with van der Waals surface area (Å²) in [5, 5.41) is 0. The fourth-order valence-electron chi connectivity index (χ4n) is 0.253. The van der Waals surface area contributed by atoms with Crippen molar-refractivity contribution >= 4 is 16.0 Å². The molecule has 0 aliphatic rings. The van der Waals surface area contributed by atoms with E-state index in [1.165, 1.54) is 14.2 Å². The van der Waals surface area contributed by atoms with E-state index in [1.807, 2.05) is 0 Å². The molecule has 0 unspecified atom stereocenters. The Bertz CT molecular complexity index is 156. The molecule has 0 aliphatic carbocycles. The average Bonchev–Trinajstić information content (AvgIpc) is 2.00. The molecule has 0 aromatic carbocycles. The fourth-order valence-corrected chi connectivity index (χ4v) is 0.588. The molecule has 0 saturated carbocycles. The molecule has 59 valence electrons. The van der Waals surface area contributed by atoms with E-state index in [4.69, 9.17) is 0 Å². The van der Waals surface area contributed by atoms with Crippen molar-refractivity contribution < 1.29 is 36.9 Å². The Morgan fingerprint density at radius 2 is 1.40 bits per heavy atom. The van der Waals surface area contributed by atoms with E-state index in [9.17, 15) is 9.59 Å². The standard InChI is InChI=1S/C5H6O4.Rh/c1-8-4(6)3-5(7)9-2;/h1-2H3;. The van der Waals surface area contributed by atoms with E-state index in [1.54, 1.807) is 0 Å². The van der Waals surface area contributed by atoms with Crippen LogP contribution in [0.25, 0.3) is 0 Å². The number of carbonyl (C=O) groups excluding carboxylic acids is 2. The zero-order valence-corrected chi connectivity index (χ0v) is 7.11. The van der Waals surface area contributed by atoms with Gasteiger partial charge in [0, 0.05) is 0 Å². The molecule has 0 bridgehead atoms. The van der Waals surface area contributed by atoms with Gasteiger partial charge in [-0.25, -0.2) is 0 Å². The van der Waals surface area contributed by atoms with Crippen molar-refractivity contribution in [2.45, 2.75) is 0 Å². The van der Waals surface area contributed by atoms with Crippen molar-refractivity contribution in [2.75, 3.05) is 14.2 Å². The molecule has 0 radical (unpaired) electrons. The normalized spacial score (nSPS) is 8.30. The molecule has 0 aliphatic heterocycles. The van der Waals surface area contributed by atoms with Crippen molar-refractivity contribution in [3.63, 3.8) is 0 Å². The van der Waals surface area contributed by atoms with E-state index >= 15 is 0 Å². The topological polar surface area (TPSA) is 52.6 Å². The number of carbonyl (C=O) groups is 2. The van der Waals surface area contributed by atoms with E-state index in [-0.39, 0.29) is 4.11 Å². The fraction of sp³-hybridized carbons (Fsp3) is 0.400. The Labute approximate surface area is 67.7 Å². The molecule has 0 rings (SSSR count). The number of hydrogen-bond acceptors (Lipinski definition) is 4.